The minimum absolute atomic E-state index is 0.465. The molecule has 0 radical (unpaired) electrons. The van der Waals surface area contributed by atoms with E-state index in [9.17, 15) is 32.3 Å². The molecule has 2 aliphatic rings. The summed E-state index contributed by atoms with van der Waals surface area (Å²) in [6.45, 7) is 0. The van der Waals surface area contributed by atoms with Crippen LogP contribution in [0.2, 0.25) is 0 Å². The number of benzene rings is 1. The molecule has 2 aliphatic heterocycles. The average molecular weight is 345 g/mol. The lowest BCUT2D eigenvalue weighted by Gasteiger charge is -2.21. The third-order valence-corrected chi connectivity index (χ3v) is 4.04. The van der Waals surface area contributed by atoms with E-state index in [0.717, 1.165) is 0 Å². The van der Waals surface area contributed by atoms with Crippen LogP contribution in [-0.2, 0) is 20.5 Å². The number of hydrogen-bond donors (Lipinski definition) is 2. The van der Waals surface area contributed by atoms with Gasteiger partial charge in [0.1, 0.15) is 11.7 Å². The number of alkyl halides is 3. The van der Waals surface area contributed by atoms with Crippen LogP contribution in [0, 0.1) is 17.7 Å². The maximum absolute atomic E-state index is 13.7. The Kier molecular flexibility index (Phi) is 3.83. The van der Waals surface area contributed by atoms with Crippen LogP contribution in [0.1, 0.15) is 5.56 Å². The smallest absolute Gasteiger partial charge is 0.416 e. The average Bonchev–Trinajstić information content (AvgIpc) is 3.08. The van der Waals surface area contributed by atoms with E-state index in [0.29, 0.717) is 18.2 Å². The van der Waals surface area contributed by atoms with E-state index in [1.807, 2.05) is 5.32 Å². The number of anilines is 1. The van der Waals surface area contributed by atoms with Crippen LogP contribution in [0.3, 0.4) is 0 Å². The zero-order valence-corrected chi connectivity index (χ0v) is 11.9. The number of nitrogens with one attached hydrogen (secondary N) is 1. The Morgan fingerprint density at radius 2 is 1.75 bits per heavy atom. The van der Waals surface area contributed by atoms with Crippen LogP contribution in [0.4, 0.5) is 23.2 Å². The molecule has 5 nitrogen and oxygen atoms in total. The summed E-state index contributed by atoms with van der Waals surface area (Å²) >= 11 is 0. The van der Waals surface area contributed by atoms with Gasteiger partial charge in [0.25, 0.3) is 0 Å². The number of carboxylic acids is 1. The monoisotopic (exact) mass is 345 g/mol. The molecular weight excluding hydrogens is 334 g/mol. The molecule has 0 aromatic heterocycles. The first-order chi connectivity index (χ1) is 11.2. The fourth-order valence-electron chi connectivity index (χ4n) is 2.93. The number of halogens is 4. The molecule has 2 bridgehead atoms. The topological polar surface area (TPSA) is 75.6 Å². The van der Waals surface area contributed by atoms with Crippen molar-refractivity contribution in [2.45, 2.75) is 18.4 Å². The van der Waals surface area contributed by atoms with Crippen LogP contribution in [-0.4, -0.2) is 29.2 Å². The minimum Gasteiger partial charge on any atom is -0.481 e. The van der Waals surface area contributed by atoms with Crippen molar-refractivity contribution in [1.82, 2.24) is 0 Å². The number of ether oxygens (including phenoxy) is 1. The van der Waals surface area contributed by atoms with E-state index < -0.39 is 59.2 Å². The van der Waals surface area contributed by atoms with Crippen molar-refractivity contribution >= 4 is 17.6 Å². The number of rotatable bonds is 3. The molecular formula is C15H11F4NO4. The summed E-state index contributed by atoms with van der Waals surface area (Å²) < 4.78 is 57.1. The van der Waals surface area contributed by atoms with E-state index in [-0.39, 0.29) is 0 Å². The van der Waals surface area contributed by atoms with E-state index >= 15 is 0 Å². The molecule has 1 fully saturated rings. The summed E-state index contributed by atoms with van der Waals surface area (Å²) in [4.78, 5) is 23.6. The summed E-state index contributed by atoms with van der Waals surface area (Å²) in [5, 5.41) is 11.3. The molecule has 1 amide bonds. The van der Waals surface area contributed by atoms with E-state index in [4.69, 9.17) is 4.74 Å². The van der Waals surface area contributed by atoms with Crippen molar-refractivity contribution in [3.05, 3.63) is 41.7 Å². The predicted octanol–water partition coefficient (Wildman–Crippen LogP) is 2.44. The largest absolute Gasteiger partial charge is 0.481 e. The van der Waals surface area contributed by atoms with Crippen LogP contribution >= 0.6 is 0 Å². The Morgan fingerprint density at radius 1 is 1.12 bits per heavy atom. The Balaban J connectivity index is 1.85. The maximum atomic E-state index is 13.7. The molecule has 24 heavy (non-hydrogen) atoms. The molecule has 0 unspecified atom stereocenters. The number of carbonyl (C=O) groups excluding carboxylic acids is 1. The quantitative estimate of drug-likeness (QED) is 0.652. The molecule has 1 aromatic rings. The van der Waals surface area contributed by atoms with Crippen molar-refractivity contribution in [1.29, 1.82) is 0 Å². The summed E-state index contributed by atoms with van der Waals surface area (Å²) in [6, 6.07) is 1.60. The first-order valence-corrected chi connectivity index (χ1v) is 6.92. The Labute approximate surface area is 132 Å². The molecule has 0 saturated carbocycles. The zero-order valence-electron chi connectivity index (χ0n) is 11.9. The van der Waals surface area contributed by atoms with E-state index in [1.165, 1.54) is 12.2 Å². The predicted molar refractivity (Wildman–Crippen MR) is 72.4 cm³/mol. The van der Waals surface area contributed by atoms with Crippen molar-refractivity contribution in [2.75, 3.05) is 5.32 Å². The molecule has 1 aromatic carbocycles. The summed E-state index contributed by atoms with van der Waals surface area (Å²) in [6.07, 6.45) is -3.26. The van der Waals surface area contributed by atoms with Crippen molar-refractivity contribution in [3.8, 4) is 0 Å². The molecule has 0 aliphatic carbocycles. The Bertz CT molecular complexity index is 731. The summed E-state index contributed by atoms with van der Waals surface area (Å²) in [7, 11) is 0. The van der Waals surface area contributed by atoms with Gasteiger partial charge < -0.3 is 15.2 Å². The van der Waals surface area contributed by atoms with Crippen molar-refractivity contribution in [3.63, 3.8) is 0 Å². The summed E-state index contributed by atoms with van der Waals surface area (Å²) in [5.74, 6) is -5.54. The number of amides is 1. The number of aliphatic carboxylic acids is 1. The fourth-order valence-corrected chi connectivity index (χ4v) is 2.93. The van der Waals surface area contributed by atoms with Gasteiger partial charge in [0.05, 0.1) is 29.4 Å². The highest BCUT2D eigenvalue weighted by Crippen LogP contribution is 2.40. The molecule has 2 N–H and O–H groups in total. The van der Waals surface area contributed by atoms with Crippen LogP contribution < -0.4 is 5.32 Å². The normalized spacial score (nSPS) is 28.2. The number of hydrogen-bond acceptors (Lipinski definition) is 3. The lowest BCUT2D eigenvalue weighted by atomic mass is 9.82. The number of fused-ring (bicyclic) bond motifs is 2. The molecule has 0 spiro atoms. The van der Waals surface area contributed by atoms with Gasteiger partial charge in [0, 0.05) is 0 Å². The molecule has 3 rings (SSSR count). The van der Waals surface area contributed by atoms with Crippen molar-refractivity contribution in [2.24, 2.45) is 11.8 Å². The first kappa shape index (κ1) is 16.4. The highest BCUT2D eigenvalue weighted by molar-refractivity contribution is 5.96. The number of carboxylic acid groups (broad SMARTS) is 1. The van der Waals surface area contributed by atoms with Gasteiger partial charge in [0.2, 0.25) is 5.91 Å². The van der Waals surface area contributed by atoms with Gasteiger partial charge in [-0.25, -0.2) is 4.39 Å². The Hall–Kier alpha value is -2.42. The third kappa shape index (κ3) is 2.75. The lowest BCUT2D eigenvalue weighted by molar-refractivity contribution is -0.145. The molecule has 1 saturated heterocycles. The van der Waals surface area contributed by atoms with Crippen molar-refractivity contribution < 1.29 is 37.0 Å². The van der Waals surface area contributed by atoms with Crippen LogP contribution in [0.5, 0.6) is 0 Å². The van der Waals surface area contributed by atoms with Gasteiger partial charge in [-0.2, -0.15) is 13.2 Å². The molecule has 2 heterocycles. The van der Waals surface area contributed by atoms with Gasteiger partial charge >= 0.3 is 12.1 Å². The molecule has 9 heteroatoms. The maximum Gasteiger partial charge on any atom is 0.416 e. The first-order valence-electron chi connectivity index (χ1n) is 6.92. The van der Waals surface area contributed by atoms with Crippen LogP contribution in [0.25, 0.3) is 0 Å². The van der Waals surface area contributed by atoms with Crippen LogP contribution in [0.15, 0.2) is 30.4 Å². The standard InChI is InChI=1S/C15H11F4NO4/c16-7-2-1-6(15(17,18)19)5-8(7)20-13(21)11-9-3-4-10(24-9)12(11)14(22)23/h1-5,9-12H,(H,20,21)(H,22,23)/t9-,10-,11+,12-/m1/s1. The van der Waals surface area contributed by atoms with Gasteiger partial charge in [-0.05, 0) is 18.2 Å². The minimum atomic E-state index is -4.70. The second kappa shape index (κ2) is 5.59. The SMILES string of the molecule is O=C(Nc1cc(C(F)(F)F)ccc1F)[C@@H]1[C@H](C(=O)O)[C@H]2C=C[C@H]1O2. The van der Waals surface area contributed by atoms with Gasteiger partial charge in [-0.1, -0.05) is 12.2 Å². The second-order valence-corrected chi connectivity index (χ2v) is 5.52. The van der Waals surface area contributed by atoms with E-state index in [2.05, 4.69) is 0 Å². The highest BCUT2D eigenvalue weighted by atomic mass is 19.4. The van der Waals surface area contributed by atoms with Gasteiger partial charge in [-0.15, -0.1) is 0 Å². The number of carbonyl (C=O) groups is 2. The highest BCUT2D eigenvalue weighted by Gasteiger charge is 2.53. The third-order valence-electron chi connectivity index (χ3n) is 4.04. The lowest BCUT2D eigenvalue weighted by Crippen LogP contribution is -2.39. The fraction of sp³-hybridized carbons (Fsp3) is 0.333. The molecule has 128 valence electrons. The Morgan fingerprint density at radius 3 is 2.33 bits per heavy atom. The summed E-state index contributed by atoms with van der Waals surface area (Å²) in [5.41, 5.74) is -1.79. The zero-order chi connectivity index (χ0) is 17.6. The van der Waals surface area contributed by atoms with Gasteiger partial charge in [0.15, 0.2) is 0 Å². The van der Waals surface area contributed by atoms with E-state index in [1.54, 1.807) is 0 Å². The second-order valence-electron chi connectivity index (χ2n) is 5.52. The van der Waals surface area contributed by atoms with Gasteiger partial charge in [-0.3, -0.25) is 9.59 Å². The molecule has 4 atom stereocenters.